The summed E-state index contributed by atoms with van der Waals surface area (Å²) in [5.41, 5.74) is 2.70. The minimum atomic E-state index is -0.0743. The maximum atomic E-state index is 13.1. The number of aromatic amines is 1. The van der Waals surface area contributed by atoms with Crippen molar-refractivity contribution < 1.29 is 4.79 Å². The second-order valence-corrected chi connectivity index (χ2v) is 10.1. The van der Waals surface area contributed by atoms with Crippen LogP contribution in [0.5, 0.6) is 0 Å². The number of benzene rings is 2. The molecule has 0 saturated carbocycles. The number of hydrogen-bond acceptors (Lipinski definition) is 5. The van der Waals surface area contributed by atoms with Crippen molar-refractivity contribution in [1.82, 2.24) is 19.4 Å². The van der Waals surface area contributed by atoms with Gasteiger partial charge >= 0.3 is 5.69 Å². The molecule has 2 aromatic carbocycles. The van der Waals surface area contributed by atoms with Crippen molar-refractivity contribution in [3.63, 3.8) is 0 Å². The largest absolute Gasteiger partial charge is 0.338 e. The van der Waals surface area contributed by atoms with Crippen LogP contribution in [0.2, 0.25) is 0 Å². The van der Waals surface area contributed by atoms with Gasteiger partial charge in [0.25, 0.3) is 5.91 Å². The number of hydrogen-bond donors (Lipinski definition) is 1. The average Bonchev–Trinajstić information content (AvgIpc) is 3.54. The zero-order chi connectivity index (χ0) is 21.7. The van der Waals surface area contributed by atoms with Gasteiger partial charge in [0.1, 0.15) is 5.01 Å². The number of nitrogens with one attached hydrogen (secondary N) is 1. The fourth-order valence-electron chi connectivity index (χ4n) is 4.47. The summed E-state index contributed by atoms with van der Waals surface area (Å²) in [7, 11) is 0. The van der Waals surface area contributed by atoms with E-state index in [0.717, 1.165) is 48.9 Å². The fraction of sp³-hybridized carbons (Fsp3) is 0.208. The first kappa shape index (κ1) is 19.5. The molecule has 8 heteroatoms. The molecule has 5 aromatic rings. The number of amides is 1. The van der Waals surface area contributed by atoms with Crippen LogP contribution in [0.4, 0.5) is 0 Å². The molecule has 1 fully saturated rings. The fourth-order valence-corrected chi connectivity index (χ4v) is 6.46. The first-order valence-electron chi connectivity index (χ1n) is 10.6. The Hall–Kier alpha value is -3.23. The van der Waals surface area contributed by atoms with E-state index in [4.69, 9.17) is 4.98 Å². The molecule has 32 heavy (non-hydrogen) atoms. The molecule has 4 heterocycles. The molecule has 1 amide bonds. The second-order valence-electron chi connectivity index (χ2n) is 7.99. The van der Waals surface area contributed by atoms with Crippen molar-refractivity contribution in [1.29, 1.82) is 0 Å². The summed E-state index contributed by atoms with van der Waals surface area (Å²) < 4.78 is 3.01. The van der Waals surface area contributed by atoms with Crippen LogP contribution < -0.4 is 5.69 Å². The Morgan fingerprint density at radius 3 is 2.59 bits per heavy atom. The maximum Gasteiger partial charge on any atom is 0.326 e. The van der Waals surface area contributed by atoms with Crippen LogP contribution in [0, 0.1) is 0 Å². The van der Waals surface area contributed by atoms with Gasteiger partial charge in [-0.2, -0.15) is 0 Å². The summed E-state index contributed by atoms with van der Waals surface area (Å²) >= 11 is 3.15. The van der Waals surface area contributed by atoms with E-state index in [1.54, 1.807) is 11.3 Å². The SMILES string of the molecule is O=C(c1ccc(-c2nc3ccccc3s2)s1)N1CCC(n2c(=O)[nH]c3ccccc32)CC1. The van der Waals surface area contributed by atoms with Gasteiger partial charge in [0.15, 0.2) is 0 Å². The molecule has 0 spiro atoms. The summed E-state index contributed by atoms with van der Waals surface area (Å²) in [6.07, 6.45) is 1.53. The van der Waals surface area contributed by atoms with Gasteiger partial charge in [-0.25, -0.2) is 9.78 Å². The Morgan fingerprint density at radius 1 is 0.969 bits per heavy atom. The lowest BCUT2D eigenvalue weighted by Gasteiger charge is -2.32. The molecule has 1 saturated heterocycles. The molecule has 6 rings (SSSR count). The second kappa shape index (κ2) is 7.72. The van der Waals surface area contributed by atoms with Gasteiger partial charge in [-0.3, -0.25) is 9.36 Å². The van der Waals surface area contributed by atoms with E-state index in [0.29, 0.717) is 13.1 Å². The van der Waals surface area contributed by atoms with Crippen molar-refractivity contribution in [3.05, 3.63) is 76.0 Å². The van der Waals surface area contributed by atoms with Gasteiger partial charge < -0.3 is 9.88 Å². The Labute approximate surface area is 191 Å². The summed E-state index contributed by atoms with van der Waals surface area (Å²) in [6, 6.07) is 19.9. The van der Waals surface area contributed by atoms with Crippen LogP contribution in [0.1, 0.15) is 28.6 Å². The molecule has 0 bridgehead atoms. The van der Waals surface area contributed by atoms with Crippen LogP contribution in [-0.4, -0.2) is 38.4 Å². The van der Waals surface area contributed by atoms with Gasteiger partial charge in [0.05, 0.1) is 31.0 Å². The van der Waals surface area contributed by atoms with E-state index >= 15 is 0 Å². The molecular weight excluding hydrogens is 440 g/mol. The number of thiophene rings is 1. The Bertz CT molecular complexity index is 1470. The van der Waals surface area contributed by atoms with Crippen LogP contribution >= 0.6 is 22.7 Å². The van der Waals surface area contributed by atoms with Gasteiger partial charge in [0, 0.05) is 19.1 Å². The van der Waals surface area contributed by atoms with Gasteiger partial charge in [-0.1, -0.05) is 24.3 Å². The number of nitrogens with zero attached hydrogens (tertiary/aromatic N) is 3. The van der Waals surface area contributed by atoms with E-state index in [1.165, 1.54) is 11.3 Å². The number of para-hydroxylation sites is 3. The molecule has 0 radical (unpaired) electrons. The Balaban J connectivity index is 1.18. The lowest BCUT2D eigenvalue weighted by molar-refractivity contribution is 0.0700. The van der Waals surface area contributed by atoms with E-state index in [2.05, 4.69) is 11.1 Å². The number of aromatic nitrogens is 3. The van der Waals surface area contributed by atoms with Crippen LogP contribution in [-0.2, 0) is 0 Å². The van der Waals surface area contributed by atoms with E-state index < -0.39 is 0 Å². The third-order valence-corrected chi connectivity index (χ3v) is 8.34. The number of thiazole rings is 1. The number of rotatable bonds is 3. The van der Waals surface area contributed by atoms with Crippen LogP contribution in [0.15, 0.2) is 65.5 Å². The van der Waals surface area contributed by atoms with Gasteiger partial charge in [-0.15, -0.1) is 22.7 Å². The highest BCUT2D eigenvalue weighted by molar-refractivity contribution is 7.26. The summed E-state index contributed by atoms with van der Waals surface area (Å²) in [4.78, 5) is 36.9. The van der Waals surface area contributed by atoms with Crippen molar-refractivity contribution in [2.24, 2.45) is 0 Å². The molecule has 1 aliphatic heterocycles. The van der Waals surface area contributed by atoms with Crippen molar-refractivity contribution in [3.8, 4) is 9.88 Å². The van der Waals surface area contributed by atoms with Crippen molar-refractivity contribution in [2.75, 3.05) is 13.1 Å². The van der Waals surface area contributed by atoms with Gasteiger partial charge in [-0.05, 0) is 49.2 Å². The number of fused-ring (bicyclic) bond motifs is 2. The number of carbonyl (C=O) groups excluding carboxylic acids is 1. The van der Waals surface area contributed by atoms with E-state index in [-0.39, 0.29) is 17.6 Å². The quantitative estimate of drug-likeness (QED) is 0.405. The smallest absolute Gasteiger partial charge is 0.326 e. The first-order chi connectivity index (χ1) is 15.7. The number of piperidine rings is 1. The van der Waals surface area contributed by atoms with E-state index in [1.807, 2.05) is 64.1 Å². The Kier molecular flexibility index (Phi) is 4.69. The molecule has 6 nitrogen and oxygen atoms in total. The van der Waals surface area contributed by atoms with Crippen molar-refractivity contribution in [2.45, 2.75) is 18.9 Å². The monoisotopic (exact) mass is 460 g/mol. The number of H-pyrrole nitrogens is 1. The lowest BCUT2D eigenvalue weighted by Crippen LogP contribution is -2.40. The van der Waals surface area contributed by atoms with Crippen LogP contribution in [0.3, 0.4) is 0 Å². The number of likely N-dealkylation sites (tertiary alicyclic amines) is 1. The average molecular weight is 461 g/mol. The topological polar surface area (TPSA) is 71.0 Å². The third-order valence-electron chi connectivity index (χ3n) is 6.06. The lowest BCUT2D eigenvalue weighted by atomic mass is 10.0. The van der Waals surface area contributed by atoms with Crippen molar-refractivity contribution >= 4 is 49.8 Å². The minimum absolute atomic E-state index is 0.0621. The highest BCUT2D eigenvalue weighted by Crippen LogP contribution is 2.35. The number of carbonyl (C=O) groups is 1. The predicted octanol–water partition coefficient (Wildman–Crippen LogP) is 5.15. The zero-order valence-corrected chi connectivity index (χ0v) is 18.8. The summed E-state index contributed by atoms with van der Waals surface area (Å²) in [5, 5.41) is 0.952. The first-order valence-corrected chi connectivity index (χ1v) is 12.2. The molecule has 0 atom stereocenters. The standard InChI is InChI=1S/C24H20N4O2S2/c29-23(21-10-9-20(31-21)22-25-17-6-2-4-8-19(17)32-22)27-13-11-15(12-14-27)28-18-7-3-1-5-16(18)26-24(28)30/h1-10,15H,11-14H2,(H,26,30). The Morgan fingerprint density at radius 2 is 1.75 bits per heavy atom. The predicted molar refractivity (Wildman–Crippen MR) is 130 cm³/mol. The molecule has 160 valence electrons. The summed E-state index contributed by atoms with van der Waals surface area (Å²) in [5.74, 6) is 0.0621. The molecule has 1 N–H and O–H groups in total. The highest BCUT2D eigenvalue weighted by Gasteiger charge is 2.27. The molecule has 1 aliphatic rings. The minimum Gasteiger partial charge on any atom is -0.338 e. The van der Waals surface area contributed by atoms with E-state index in [9.17, 15) is 9.59 Å². The van der Waals surface area contributed by atoms with Gasteiger partial charge in [0.2, 0.25) is 0 Å². The normalized spacial score (nSPS) is 15.1. The molecule has 0 unspecified atom stereocenters. The third kappa shape index (κ3) is 3.27. The van der Waals surface area contributed by atoms with Crippen LogP contribution in [0.25, 0.3) is 31.1 Å². The summed E-state index contributed by atoms with van der Waals surface area (Å²) in [6.45, 7) is 1.29. The zero-order valence-electron chi connectivity index (χ0n) is 17.2. The molecule has 0 aliphatic carbocycles. The number of imidazole rings is 1. The molecule has 3 aromatic heterocycles. The highest BCUT2D eigenvalue weighted by atomic mass is 32.1. The molecular formula is C24H20N4O2S2. The maximum absolute atomic E-state index is 13.1.